The first-order valence-electron chi connectivity index (χ1n) is 2.86. The van der Waals surface area contributed by atoms with Crippen LogP contribution >= 0.6 is 9.47 Å². The zero-order chi connectivity index (χ0) is 7.28. The molecule has 0 aromatic rings. The van der Waals surface area contributed by atoms with Crippen molar-refractivity contribution in [1.29, 1.82) is 0 Å². The number of aliphatic hydroxyl groups is 2. The van der Waals surface area contributed by atoms with Gasteiger partial charge in [-0.05, 0) is 13.3 Å². The Hall–Kier alpha value is 0.310. The quantitative estimate of drug-likeness (QED) is 0.554. The molecule has 0 aliphatic heterocycles. The first-order chi connectivity index (χ1) is 4.22. The number of hydrogen-bond donors (Lipinski definition) is 2. The van der Waals surface area contributed by atoms with Gasteiger partial charge in [0.15, 0.2) is 0 Å². The largest absolute Gasteiger partial charge is 0.396 e. The van der Waals surface area contributed by atoms with E-state index < -0.39 is 6.10 Å². The van der Waals surface area contributed by atoms with Crippen molar-refractivity contribution < 1.29 is 14.7 Å². The van der Waals surface area contributed by atoms with Crippen molar-refractivity contribution in [2.45, 2.75) is 25.6 Å². The van der Waals surface area contributed by atoms with Crippen LogP contribution in [-0.2, 0) is 4.52 Å². The van der Waals surface area contributed by atoms with Crippen LogP contribution in [0.5, 0.6) is 0 Å². The third kappa shape index (κ3) is 3.82. The molecule has 3 nitrogen and oxygen atoms in total. The van der Waals surface area contributed by atoms with E-state index in [0.717, 1.165) is 0 Å². The van der Waals surface area contributed by atoms with Gasteiger partial charge in [-0.3, -0.25) is 0 Å². The molecule has 9 heavy (non-hydrogen) atoms. The van der Waals surface area contributed by atoms with Gasteiger partial charge in [-0.1, -0.05) is 0 Å². The number of aliphatic hydroxyl groups excluding tert-OH is 2. The maximum absolute atomic E-state index is 8.89. The van der Waals surface area contributed by atoms with Gasteiger partial charge in [0.1, 0.15) is 0 Å². The lowest BCUT2D eigenvalue weighted by Gasteiger charge is -2.15. The minimum Gasteiger partial charge on any atom is -0.396 e. The molecule has 0 fully saturated rings. The van der Waals surface area contributed by atoms with Gasteiger partial charge >= 0.3 is 0 Å². The molecule has 0 radical (unpaired) electrons. The summed E-state index contributed by atoms with van der Waals surface area (Å²) in [7, 11) is 2.07. The van der Waals surface area contributed by atoms with Crippen molar-refractivity contribution in [3.8, 4) is 0 Å². The number of hydrogen-bond acceptors (Lipinski definition) is 3. The molecule has 2 N–H and O–H groups in total. The van der Waals surface area contributed by atoms with E-state index in [2.05, 4.69) is 9.47 Å². The second-order valence-electron chi connectivity index (χ2n) is 1.93. The van der Waals surface area contributed by atoms with Crippen molar-refractivity contribution in [1.82, 2.24) is 0 Å². The van der Waals surface area contributed by atoms with Crippen LogP contribution in [0.2, 0.25) is 0 Å². The summed E-state index contributed by atoms with van der Waals surface area (Å²) in [5, 5.41) is 17.3. The molecule has 0 bridgehead atoms. The Balaban J connectivity index is 3.41. The van der Waals surface area contributed by atoms with Gasteiger partial charge < -0.3 is 14.7 Å². The van der Waals surface area contributed by atoms with Gasteiger partial charge in [-0.2, -0.15) is 0 Å². The second-order valence-corrected chi connectivity index (χ2v) is 2.20. The topological polar surface area (TPSA) is 49.7 Å². The molecule has 3 atom stereocenters. The van der Waals surface area contributed by atoms with Crippen molar-refractivity contribution >= 4 is 9.47 Å². The standard InChI is InChI=1S/C5H13O3P/c1-4(7)5(8-9)2-3-6/h4-7H,2-3,9H2,1H3/t4?,5-/m0/s1. The molecular weight excluding hydrogens is 139 g/mol. The van der Waals surface area contributed by atoms with Crippen LogP contribution in [0.15, 0.2) is 0 Å². The van der Waals surface area contributed by atoms with Crippen LogP contribution in [-0.4, -0.2) is 29.0 Å². The van der Waals surface area contributed by atoms with Crippen LogP contribution in [0.25, 0.3) is 0 Å². The van der Waals surface area contributed by atoms with E-state index in [1.807, 2.05) is 0 Å². The van der Waals surface area contributed by atoms with E-state index in [1.54, 1.807) is 6.92 Å². The summed E-state index contributed by atoms with van der Waals surface area (Å²) >= 11 is 0. The molecule has 0 aromatic carbocycles. The Kier molecular flexibility index (Phi) is 5.30. The van der Waals surface area contributed by atoms with Gasteiger partial charge in [0.25, 0.3) is 0 Å². The van der Waals surface area contributed by atoms with E-state index >= 15 is 0 Å². The molecule has 56 valence electrons. The SMILES string of the molecule is CC(O)[C@H](CCO)OP. The predicted molar refractivity (Wildman–Crippen MR) is 38.0 cm³/mol. The van der Waals surface area contributed by atoms with Crippen molar-refractivity contribution in [2.75, 3.05) is 6.61 Å². The fourth-order valence-corrected chi connectivity index (χ4v) is 0.914. The lowest BCUT2D eigenvalue weighted by Crippen LogP contribution is -2.24. The minimum atomic E-state index is -0.519. The van der Waals surface area contributed by atoms with Crippen LogP contribution in [0.1, 0.15) is 13.3 Å². The van der Waals surface area contributed by atoms with Crippen LogP contribution in [0, 0.1) is 0 Å². The Morgan fingerprint density at radius 2 is 2.22 bits per heavy atom. The Morgan fingerprint density at radius 3 is 2.33 bits per heavy atom. The Labute approximate surface area is 57.3 Å². The summed E-state index contributed by atoms with van der Waals surface area (Å²) in [5.41, 5.74) is 0. The van der Waals surface area contributed by atoms with E-state index in [-0.39, 0.29) is 12.7 Å². The van der Waals surface area contributed by atoms with Gasteiger partial charge in [0, 0.05) is 16.1 Å². The normalized spacial score (nSPS) is 17.3. The van der Waals surface area contributed by atoms with Crippen LogP contribution in [0.3, 0.4) is 0 Å². The zero-order valence-corrected chi connectivity index (χ0v) is 6.60. The summed E-state index contributed by atoms with van der Waals surface area (Å²) in [6, 6.07) is 0. The summed E-state index contributed by atoms with van der Waals surface area (Å²) < 4.78 is 4.76. The molecule has 0 aliphatic carbocycles. The van der Waals surface area contributed by atoms with E-state index in [1.165, 1.54) is 0 Å². The van der Waals surface area contributed by atoms with Gasteiger partial charge in [-0.25, -0.2) is 0 Å². The first kappa shape index (κ1) is 9.31. The second kappa shape index (κ2) is 5.12. The molecule has 4 heteroatoms. The van der Waals surface area contributed by atoms with Crippen molar-refractivity contribution in [3.05, 3.63) is 0 Å². The lowest BCUT2D eigenvalue weighted by molar-refractivity contribution is 0.0446. The Bertz CT molecular complexity index is 67.2. The summed E-state index contributed by atoms with van der Waals surface area (Å²) in [4.78, 5) is 0. The summed E-state index contributed by atoms with van der Waals surface area (Å²) in [5.74, 6) is 0. The molecule has 0 rings (SSSR count). The van der Waals surface area contributed by atoms with Crippen LogP contribution in [0.4, 0.5) is 0 Å². The van der Waals surface area contributed by atoms with Crippen LogP contribution < -0.4 is 0 Å². The number of rotatable bonds is 4. The molecule has 2 unspecified atom stereocenters. The van der Waals surface area contributed by atoms with Crippen molar-refractivity contribution in [2.24, 2.45) is 0 Å². The van der Waals surface area contributed by atoms with Gasteiger partial charge in [0.05, 0.1) is 12.2 Å². The average Bonchev–Trinajstić information content (AvgIpc) is 1.82. The average molecular weight is 152 g/mol. The van der Waals surface area contributed by atoms with Gasteiger partial charge in [0.2, 0.25) is 0 Å². The molecular formula is C5H13O3P. The van der Waals surface area contributed by atoms with Gasteiger partial charge in [-0.15, -0.1) is 0 Å². The summed E-state index contributed by atoms with van der Waals surface area (Å²) in [6.45, 7) is 1.67. The molecule has 0 saturated carbocycles. The maximum Gasteiger partial charge on any atom is 0.0888 e. The highest BCUT2D eigenvalue weighted by Gasteiger charge is 2.11. The van der Waals surface area contributed by atoms with E-state index in [4.69, 9.17) is 14.7 Å². The Morgan fingerprint density at radius 1 is 1.67 bits per heavy atom. The zero-order valence-electron chi connectivity index (χ0n) is 5.45. The van der Waals surface area contributed by atoms with Crippen molar-refractivity contribution in [3.63, 3.8) is 0 Å². The highest BCUT2D eigenvalue weighted by molar-refractivity contribution is 7.09. The fourth-order valence-electron chi connectivity index (χ4n) is 0.550. The maximum atomic E-state index is 8.89. The highest BCUT2D eigenvalue weighted by Crippen LogP contribution is 2.06. The molecule has 0 heterocycles. The third-order valence-corrected chi connectivity index (χ3v) is 1.48. The molecule has 0 aromatic heterocycles. The molecule has 0 aliphatic rings. The molecule has 0 saturated heterocycles. The predicted octanol–water partition coefficient (Wildman–Crippen LogP) is -0.0751. The summed E-state index contributed by atoms with van der Waals surface area (Å²) in [6.07, 6.45) is -0.309. The highest BCUT2D eigenvalue weighted by atomic mass is 31.0. The first-order valence-corrected chi connectivity index (χ1v) is 3.34. The van der Waals surface area contributed by atoms with E-state index in [9.17, 15) is 0 Å². The monoisotopic (exact) mass is 152 g/mol. The minimum absolute atomic E-state index is 0.0456. The fraction of sp³-hybridized carbons (Fsp3) is 1.00. The third-order valence-electron chi connectivity index (χ3n) is 1.13. The molecule has 0 amide bonds. The smallest absolute Gasteiger partial charge is 0.0888 e. The lowest BCUT2D eigenvalue weighted by atomic mass is 10.2. The molecule has 0 spiro atoms. The van der Waals surface area contributed by atoms with E-state index in [0.29, 0.717) is 6.42 Å².